The fourth-order valence-corrected chi connectivity index (χ4v) is 1.32. The predicted molar refractivity (Wildman–Crippen MR) is 56.8 cm³/mol. The second-order valence-corrected chi connectivity index (χ2v) is 3.56. The standard InChI is InChI=1S/C11H11ClO3/c1-8(13)15-7-11(14)6-9-3-2-4-10(12)5-9/h2-5H,6-7H2,1H3. The summed E-state index contributed by atoms with van der Waals surface area (Å²) in [7, 11) is 0. The first-order chi connectivity index (χ1) is 7.08. The minimum atomic E-state index is -0.450. The van der Waals surface area contributed by atoms with Crippen LogP contribution in [0.4, 0.5) is 0 Å². The number of carbonyl (C=O) groups is 2. The summed E-state index contributed by atoms with van der Waals surface area (Å²) >= 11 is 5.76. The zero-order chi connectivity index (χ0) is 11.3. The van der Waals surface area contributed by atoms with Crippen molar-refractivity contribution >= 4 is 23.4 Å². The first kappa shape index (κ1) is 11.7. The summed E-state index contributed by atoms with van der Waals surface area (Å²) < 4.78 is 4.58. The Morgan fingerprint density at radius 2 is 2.13 bits per heavy atom. The number of esters is 1. The Morgan fingerprint density at radius 3 is 2.73 bits per heavy atom. The minimum Gasteiger partial charge on any atom is -0.458 e. The summed E-state index contributed by atoms with van der Waals surface area (Å²) in [6.07, 6.45) is 0.230. The van der Waals surface area contributed by atoms with Gasteiger partial charge in [-0.2, -0.15) is 0 Å². The topological polar surface area (TPSA) is 43.4 Å². The van der Waals surface area contributed by atoms with Crippen molar-refractivity contribution in [1.82, 2.24) is 0 Å². The van der Waals surface area contributed by atoms with Crippen molar-refractivity contribution in [3.63, 3.8) is 0 Å². The lowest BCUT2D eigenvalue weighted by Crippen LogP contribution is -2.13. The highest BCUT2D eigenvalue weighted by Gasteiger charge is 2.05. The van der Waals surface area contributed by atoms with E-state index in [4.69, 9.17) is 11.6 Å². The van der Waals surface area contributed by atoms with Gasteiger partial charge in [-0.25, -0.2) is 0 Å². The maximum absolute atomic E-state index is 11.3. The van der Waals surface area contributed by atoms with Crippen molar-refractivity contribution in [1.29, 1.82) is 0 Å². The van der Waals surface area contributed by atoms with E-state index in [2.05, 4.69) is 4.74 Å². The summed E-state index contributed by atoms with van der Waals surface area (Å²) in [5.41, 5.74) is 0.819. The third-order valence-corrected chi connectivity index (χ3v) is 1.96. The number of carbonyl (C=O) groups excluding carboxylic acids is 2. The zero-order valence-electron chi connectivity index (χ0n) is 8.33. The fourth-order valence-electron chi connectivity index (χ4n) is 1.11. The van der Waals surface area contributed by atoms with Crippen LogP contribution in [-0.4, -0.2) is 18.4 Å². The van der Waals surface area contributed by atoms with Crippen LogP contribution in [0.1, 0.15) is 12.5 Å². The molecule has 0 bridgehead atoms. The van der Waals surface area contributed by atoms with Crippen LogP contribution in [0.15, 0.2) is 24.3 Å². The van der Waals surface area contributed by atoms with Crippen LogP contribution in [0.25, 0.3) is 0 Å². The Balaban J connectivity index is 2.48. The number of ketones is 1. The average molecular weight is 227 g/mol. The third-order valence-electron chi connectivity index (χ3n) is 1.73. The lowest BCUT2D eigenvalue weighted by atomic mass is 10.1. The summed E-state index contributed by atoms with van der Waals surface area (Å²) in [4.78, 5) is 21.8. The van der Waals surface area contributed by atoms with Crippen LogP contribution in [-0.2, 0) is 20.7 Å². The van der Waals surface area contributed by atoms with Crippen LogP contribution in [0.2, 0.25) is 5.02 Å². The molecular weight excluding hydrogens is 216 g/mol. The van der Waals surface area contributed by atoms with Crippen LogP contribution in [0.3, 0.4) is 0 Å². The number of halogens is 1. The molecule has 0 saturated heterocycles. The summed E-state index contributed by atoms with van der Waals surface area (Å²) in [6.45, 7) is 1.09. The monoisotopic (exact) mass is 226 g/mol. The van der Waals surface area contributed by atoms with Crippen LogP contribution < -0.4 is 0 Å². The number of hydrogen-bond donors (Lipinski definition) is 0. The van der Waals surface area contributed by atoms with E-state index in [0.717, 1.165) is 5.56 Å². The van der Waals surface area contributed by atoms with Crippen molar-refractivity contribution in [2.75, 3.05) is 6.61 Å². The van der Waals surface area contributed by atoms with E-state index in [1.54, 1.807) is 24.3 Å². The van der Waals surface area contributed by atoms with Gasteiger partial charge in [-0.15, -0.1) is 0 Å². The first-order valence-electron chi connectivity index (χ1n) is 4.47. The number of hydrogen-bond acceptors (Lipinski definition) is 3. The smallest absolute Gasteiger partial charge is 0.303 e. The maximum atomic E-state index is 11.3. The minimum absolute atomic E-state index is 0.146. The quantitative estimate of drug-likeness (QED) is 0.738. The van der Waals surface area contributed by atoms with Crippen molar-refractivity contribution in [3.8, 4) is 0 Å². The lowest BCUT2D eigenvalue weighted by Gasteiger charge is -2.02. The molecule has 4 heteroatoms. The van der Waals surface area contributed by atoms with Gasteiger partial charge in [-0.3, -0.25) is 9.59 Å². The highest BCUT2D eigenvalue weighted by Crippen LogP contribution is 2.11. The number of Topliss-reactive ketones (excluding diaryl/α,β-unsaturated/α-hetero) is 1. The first-order valence-corrected chi connectivity index (χ1v) is 4.85. The maximum Gasteiger partial charge on any atom is 0.303 e. The molecule has 80 valence electrons. The van der Waals surface area contributed by atoms with Crippen LogP contribution >= 0.6 is 11.6 Å². The Kier molecular flexibility index (Phi) is 4.31. The Hall–Kier alpha value is -1.35. The van der Waals surface area contributed by atoms with E-state index >= 15 is 0 Å². The molecule has 0 atom stereocenters. The van der Waals surface area contributed by atoms with Crippen molar-refractivity contribution in [2.24, 2.45) is 0 Å². The molecule has 1 rings (SSSR count). The molecule has 1 aromatic carbocycles. The number of benzene rings is 1. The Bertz CT molecular complexity index is 374. The Labute approximate surface area is 93.0 Å². The van der Waals surface area contributed by atoms with Crippen molar-refractivity contribution in [2.45, 2.75) is 13.3 Å². The molecule has 0 saturated carbocycles. The van der Waals surface area contributed by atoms with Gasteiger partial charge in [-0.05, 0) is 17.7 Å². The van der Waals surface area contributed by atoms with Crippen LogP contribution in [0, 0.1) is 0 Å². The average Bonchev–Trinajstić information content (AvgIpc) is 2.15. The molecule has 0 aliphatic heterocycles. The molecule has 1 aromatic rings. The molecule has 0 amide bonds. The van der Waals surface area contributed by atoms with Gasteiger partial charge in [0.05, 0.1) is 0 Å². The van der Waals surface area contributed by atoms with Gasteiger partial charge in [0, 0.05) is 18.4 Å². The van der Waals surface area contributed by atoms with Gasteiger partial charge in [0.25, 0.3) is 0 Å². The molecule has 0 radical (unpaired) electrons. The molecule has 0 aliphatic carbocycles. The van der Waals surface area contributed by atoms with Crippen LogP contribution in [0.5, 0.6) is 0 Å². The van der Waals surface area contributed by atoms with E-state index in [1.807, 2.05) is 0 Å². The third kappa shape index (κ3) is 4.61. The largest absolute Gasteiger partial charge is 0.458 e. The normalized spacial score (nSPS) is 9.73. The Morgan fingerprint density at radius 1 is 1.40 bits per heavy atom. The SMILES string of the molecule is CC(=O)OCC(=O)Cc1cccc(Cl)c1. The second-order valence-electron chi connectivity index (χ2n) is 3.13. The second kappa shape index (κ2) is 5.51. The zero-order valence-corrected chi connectivity index (χ0v) is 9.08. The van der Waals surface area contributed by atoms with E-state index in [9.17, 15) is 9.59 Å². The molecule has 15 heavy (non-hydrogen) atoms. The lowest BCUT2D eigenvalue weighted by molar-refractivity contribution is -0.145. The van der Waals surface area contributed by atoms with Crippen molar-refractivity contribution < 1.29 is 14.3 Å². The van der Waals surface area contributed by atoms with Gasteiger partial charge < -0.3 is 4.74 Å². The summed E-state index contributed by atoms with van der Waals surface area (Å²) in [5.74, 6) is -0.595. The summed E-state index contributed by atoms with van der Waals surface area (Å²) in [5, 5.41) is 0.591. The number of ether oxygens (including phenoxy) is 1. The summed E-state index contributed by atoms with van der Waals surface area (Å²) in [6, 6.07) is 7.03. The predicted octanol–water partition coefficient (Wildman–Crippen LogP) is 2.01. The van der Waals surface area contributed by atoms with E-state index in [-0.39, 0.29) is 18.8 Å². The van der Waals surface area contributed by atoms with Gasteiger partial charge in [0.15, 0.2) is 5.78 Å². The van der Waals surface area contributed by atoms with Gasteiger partial charge in [0.1, 0.15) is 6.61 Å². The molecule has 0 aliphatic rings. The molecule has 3 nitrogen and oxygen atoms in total. The van der Waals surface area contributed by atoms with Gasteiger partial charge in [-0.1, -0.05) is 23.7 Å². The van der Waals surface area contributed by atoms with E-state index < -0.39 is 5.97 Å². The molecule has 0 fully saturated rings. The van der Waals surface area contributed by atoms with Crippen molar-refractivity contribution in [3.05, 3.63) is 34.9 Å². The van der Waals surface area contributed by atoms with Gasteiger partial charge in [0.2, 0.25) is 0 Å². The van der Waals surface area contributed by atoms with Gasteiger partial charge >= 0.3 is 5.97 Å². The number of rotatable bonds is 4. The molecule has 0 aromatic heterocycles. The fraction of sp³-hybridized carbons (Fsp3) is 0.273. The molecule has 0 spiro atoms. The van der Waals surface area contributed by atoms with E-state index in [1.165, 1.54) is 6.92 Å². The van der Waals surface area contributed by atoms with E-state index in [0.29, 0.717) is 5.02 Å². The molecule has 0 unspecified atom stereocenters. The molecular formula is C11H11ClO3. The molecule has 0 N–H and O–H groups in total. The highest BCUT2D eigenvalue weighted by atomic mass is 35.5. The highest BCUT2D eigenvalue weighted by molar-refractivity contribution is 6.30. The molecule has 0 heterocycles.